The molecule has 0 aliphatic carbocycles. The largest absolute Gasteiger partial charge is 0.329 e. The molecule has 0 saturated heterocycles. The number of nitrogens with one attached hydrogen (secondary N) is 1. The highest BCUT2D eigenvalue weighted by atomic mass is 28.3. The third-order valence-electron chi connectivity index (χ3n) is 2.31. The van der Waals surface area contributed by atoms with E-state index in [-0.39, 0.29) is 5.56 Å². The Morgan fingerprint density at radius 1 is 1.36 bits per heavy atom. The van der Waals surface area contributed by atoms with Gasteiger partial charge in [0.05, 0.1) is 8.07 Å². The number of hydrogen-bond acceptors (Lipinski definition) is 1. The van der Waals surface area contributed by atoms with E-state index in [0.29, 0.717) is 0 Å². The van der Waals surface area contributed by atoms with Crippen molar-refractivity contribution < 1.29 is 0 Å². The van der Waals surface area contributed by atoms with Crippen LogP contribution < -0.4 is 10.7 Å². The summed E-state index contributed by atoms with van der Waals surface area (Å²) in [5.74, 6) is 0. The lowest BCUT2D eigenvalue weighted by molar-refractivity contribution is 0.913. The molecule has 3 heteroatoms. The Labute approximate surface area is 86.4 Å². The summed E-state index contributed by atoms with van der Waals surface area (Å²) in [6, 6.07) is 2.09. The van der Waals surface area contributed by atoms with Crippen molar-refractivity contribution in [2.45, 2.75) is 39.4 Å². The monoisotopic (exact) mass is 209 g/mol. The first kappa shape index (κ1) is 11.2. The van der Waals surface area contributed by atoms with Gasteiger partial charge in [0.2, 0.25) is 5.56 Å². The Hall–Kier alpha value is -0.833. The van der Waals surface area contributed by atoms with Gasteiger partial charge in [0.15, 0.2) is 0 Å². The molecule has 0 atom stereocenters. The molecule has 2 nitrogen and oxygen atoms in total. The second kappa shape index (κ2) is 4.13. The molecule has 1 heterocycles. The van der Waals surface area contributed by atoms with Crippen LogP contribution in [-0.2, 0) is 6.42 Å². The average Bonchev–Trinajstić information content (AvgIpc) is 2.07. The van der Waals surface area contributed by atoms with Gasteiger partial charge in [-0.3, -0.25) is 4.79 Å². The second-order valence-electron chi connectivity index (χ2n) is 4.75. The standard InChI is InChI=1S/C11H19NOSi/c1-5-6-9-7-10(14(2,3)4)11(13)12-8-9/h7-8H,5-6H2,1-4H3,(H,12,13). The highest BCUT2D eigenvalue weighted by Crippen LogP contribution is 2.02. The summed E-state index contributed by atoms with van der Waals surface area (Å²) in [5.41, 5.74) is 1.36. The molecule has 0 bridgehead atoms. The van der Waals surface area contributed by atoms with Gasteiger partial charge in [0.25, 0.3) is 0 Å². The Morgan fingerprint density at radius 2 is 2.00 bits per heavy atom. The molecule has 1 aromatic heterocycles. The van der Waals surface area contributed by atoms with E-state index >= 15 is 0 Å². The molecule has 1 rings (SSSR count). The molecular formula is C11H19NOSi. The topological polar surface area (TPSA) is 32.9 Å². The molecule has 0 spiro atoms. The molecule has 14 heavy (non-hydrogen) atoms. The maximum absolute atomic E-state index is 11.6. The molecule has 0 aliphatic rings. The van der Waals surface area contributed by atoms with Crippen molar-refractivity contribution in [1.82, 2.24) is 4.98 Å². The number of rotatable bonds is 3. The van der Waals surface area contributed by atoms with Crippen LogP contribution >= 0.6 is 0 Å². The number of hydrogen-bond donors (Lipinski definition) is 1. The van der Waals surface area contributed by atoms with Gasteiger partial charge in [-0.05, 0) is 12.0 Å². The molecule has 0 radical (unpaired) electrons. The lowest BCUT2D eigenvalue weighted by Gasteiger charge is -2.15. The summed E-state index contributed by atoms with van der Waals surface area (Å²) >= 11 is 0. The number of aromatic nitrogens is 1. The predicted molar refractivity (Wildman–Crippen MR) is 64.0 cm³/mol. The first-order valence-corrected chi connectivity index (χ1v) is 8.67. The van der Waals surface area contributed by atoms with Crippen molar-refractivity contribution in [3.8, 4) is 0 Å². The highest BCUT2D eigenvalue weighted by molar-refractivity contribution is 6.88. The molecule has 1 aromatic rings. The van der Waals surface area contributed by atoms with Crippen LogP contribution in [0.2, 0.25) is 19.6 Å². The van der Waals surface area contributed by atoms with Crippen molar-refractivity contribution in [3.05, 3.63) is 28.2 Å². The van der Waals surface area contributed by atoms with E-state index in [9.17, 15) is 4.79 Å². The molecule has 1 N–H and O–H groups in total. The van der Waals surface area contributed by atoms with Gasteiger partial charge in [0.1, 0.15) is 0 Å². The van der Waals surface area contributed by atoms with Gasteiger partial charge < -0.3 is 4.98 Å². The van der Waals surface area contributed by atoms with Gasteiger partial charge in [-0.15, -0.1) is 0 Å². The first-order valence-electron chi connectivity index (χ1n) is 5.17. The zero-order valence-electron chi connectivity index (χ0n) is 9.48. The molecular weight excluding hydrogens is 190 g/mol. The fourth-order valence-electron chi connectivity index (χ4n) is 1.52. The smallest absolute Gasteiger partial charge is 0.247 e. The van der Waals surface area contributed by atoms with Crippen LogP contribution in [0.3, 0.4) is 0 Å². The number of H-pyrrole nitrogens is 1. The van der Waals surface area contributed by atoms with Gasteiger partial charge in [-0.25, -0.2) is 0 Å². The first-order chi connectivity index (χ1) is 6.45. The Bertz CT molecular complexity index is 362. The van der Waals surface area contributed by atoms with Crippen molar-refractivity contribution in [2.75, 3.05) is 0 Å². The van der Waals surface area contributed by atoms with E-state index in [1.807, 2.05) is 6.20 Å². The van der Waals surface area contributed by atoms with Gasteiger partial charge in [0, 0.05) is 11.4 Å². The normalized spacial score (nSPS) is 11.7. The molecule has 0 aliphatic heterocycles. The number of aromatic amines is 1. The van der Waals surface area contributed by atoms with Crippen LogP contribution in [-0.4, -0.2) is 13.1 Å². The van der Waals surface area contributed by atoms with Crippen molar-refractivity contribution in [3.63, 3.8) is 0 Å². The summed E-state index contributed by atoms with van der Waals surface area (Å²) in [7, 11) is -1.48. The van der Waals surface area contributed by atoms with Crippen LogP contribution in [0.5, 0.6) is 0 Å². The van der Waals surface area contributed by atoms with Gasteiger partial charge in [-0.1, -0.05) is 39.1 Å². The molecule has 0 saturated carbocycles. The van der Waals surface area contributed by atoms with Crippen LogP contribution in [0, 0.1) is 0 Å². The number of pyridine rings is 1. The van der Waals surface area contributed by atoms with Crippen molar-refractivity contribution >= 4 is 13.3 Å². The van der Waals surface area contributed by atoms with E-state index in [2.05, 4.69) is 37.6 Å². The Kier molecular flexibility index (Phi) is 3.32. The summed E-state index contributed by atoms with van der Waals surface area (Å²) < 4.78 is 0. The minimum atomic E-state index is -1.48. The van der Waals surface area contributed by atoms with Gasteiger partial charge in [-0.2, -0.15) is 0 Å². The van der Waals surface area contributed by atoms with Crippen molar-refractivity contribution in [1.29, 1.82) is 0 Å². The molecule has 78 valence electrons. The maximum atomic E-state index is 11.6. The lowest BCUT2D eigenvalue weighted by atomic mass is 10.2. The highest BCUT2D eigenvalue weighted by Gasteiger charge is 2.20. The van der Waals surface area contributed by atoms with E-state index in [4.69, 9.17) is 0 Å². The number of aryl methyl sites for hydroxylation is 1. The van der Waals surface area contributed by atoms with Crippen LogP contribution in [0.1, 0.15) is 18.9 Å². The quantitative estimate of drug-likeness (QED) is 0.757. The van der Waals surface area contributed by atoms with Crippen LogP contribution in [0.25, 0.3) is 0 Å². The van der Waals surface area contributed by atoms with E-state index in [1.165, 1.54) is 5.56 Å². The summed E-state index contributed by atoms with van der Waals surface area (Å²) in [6.45, 7) is 8.76. The average molecular weight is 209 g/mol. The molecule has 0 amide bonds. The Morgan fingerprint density at radius 3 is 2.50 bits per heavy atom. The SMILES string of the molecule is CCCc1c[nH]c(=O)c([Si](C)(C)C)c1. The molecule has 0 unspecified atom stereocenters. The summed E-state index contributed by atoms with van der Waals surface area (Å²) in [5, 5.41) is 1.02. The fourth-order valence-corrected chi connectivity index (χ4v) is 2.89. The van der Waals surface area contributed by atoms with E-state index in [1.54, 1.807) is 0 Å². The van der Waals surface area contributed by atoms with Crippen LogP contribution in [0.4, 0.5) is 0 Å². The molecule has 0 aromatic carbocycles. The third-order valence-corrected chi connectivity index (χ3v) is 4.30. The minimum absolute atomic E-state index is 0.101. The maximum Gasteiger partial charge on any atom is 0.247 e. The lowest BCUT2D eigenvalue weighted by Crippen LogP contribution is -2.48. The summed E-state index contributed by atoms with van der Waals surface area (Å²) in [6.07, 6.45) is 4.01. The minimum Gasteiger partial charge on any atom is -0.329 e. The zero-order valence-corrected chi connectivity index (χ0v) is 10.5. The van der Waals surface area contributed by atoms with Gasteiger partial charge >= 0.3 is 0 Å². The fraction of sp³-hybridized carbons (Fsp3) is 0.545. The van der Waals surface area contributed by atoms with Crippen LogP contribution in [0.15, 0.2) is 17.1 Å². The third kappa shape index (κ3) is 2.58. The van der Waals surface area contributed by atoms with E-state index < -0.39 is 8.07 Å². The predicted octanol–water partition coefficient (Wildman–Crippen LogP) is 1.87. The zero-order chi connectivity index (χ0) is 10.8. The second-order valence-corrected chi connectivity index (χ2v) is 9.79. The molecule has 0 fully saturated rings. The summed E-state index contributed by atoms with van der Waals surface area (Å²) in [4.78, 5) is 14.4. The van der Waals surface area contributed by atoms with E-state index in [0.717, 1.165) is 18.0 Å². The van der Waals surface area contributed by atoms with Crippen molar-refractivity contribution in [2.24, 2.45) is 0 Å². The Balaban J connectivity index is 3.15.